The highest BCUT2D eigenvalue weighted by Crippen LogP contribution is 2.23. The van der Waals surface area contributed by atoms with E-state index in [2.05, 4.69) is 5.32 Å². The van der Waals surface area contributed by atoms with Crippen LogP contribution in [0.2, 0.25) is 0 Å². The number of fused-ring (bicyclic) bond motifs is 1. The summed E-state index contributed by atoms with van der Waals surface area (Å²) in [6.07, 6.45) is 4.22. The van der Waals surface area contributed by atoms with Crippen LogP contribution in [0.25, 0.3) is 0 Å². The summed E-state index contributed by atoms with van der Waals surface area (Å²) < 4.78 is 14.4. The second-order valence-electron chi connectivity index (χ2n) is 9.19. The highest BCUT2D eigenvalue weighted by molar-refractivity contribution is 6.21. The van der Waals surface area contributed by atoms with Crippen LogP contribution in [0, 0.1) is 5.82 Å². The lowest BCUT2D eigenvalue weighted by Crippen LogP contribution is -2.49. The van der Waals surface area contributed by atoms with Crippen molar-refractivity contribution >= 4 is 23.6 Å². The molecule has 0 bridgehead atoms. The molecule has 7 nitrogen and oxygen atoms in total. The van der Waals surface area contributed by atoms with Crippen molar-refractivity contribution in [2.24, 2.45) is 0 Å². The molecule has 0 saturated heterocycles. The van der Waals surface area contributed by atoms with E-state index in [0.29, 0.717) is 16.7 Å². The van der Waals surface area contributed by atoms with E-state index in [4.69, 9.17) is 0 Å². The van der Waals surface area contributed by atoms with Crippen LogP contribution < -0.4 is 5.32 Å². The predicted molar refractivity (Wildman–Crippen MR) is 128 cm³/mol. The van der Waals surface area contributed by atoms with Gasteiger partial charge in [-0.25, -0.2) is 4.39 Å². The van der Waals surface area contributed by atoms with E-state index < -0.39 is 11.9 Å². The van der Waals surface area contributed by atoms with Crippen LogP contribution >= 0.6 is 0 Å². The fourth-order valence-corrected chi connectivity index (χ4v) is 4.76. The van der Waals surface area contributed by atoms with Crippen molar-refractivity contribution in [2.75, 3.05) is 6.54 Å². The molecule has 4 rings (SSSR count). The lowest BCUT2D eigenvalue weighted by atomic mass is 10.1. The van der Waals surface area contributed by atoms with Crippen molar-refractivity contribution in [3.63, 3.8) is 0 Å². The molecular formula is C27H30FN3O4. The zero-order valence-electron chi connectivity index (χ0n) is 19.8. The lowest BCUT2D eigenvalue weighted by Gasteiger charge is -2.30. The summed E-state index contributed by atoms with van der Waals surface area (Å²) in [5.74, 6) is -1.78. The molecule has 35 heavy (non-hydrogen) atoms. The van der Waals surface area contributed by atoms with Crippen molar-refractivity contribution in [3.8, 4) is 0 Å². The van der Waals surface area contributed by atoms with Gasteiger partial charge in [-0.3, -0.25) is 24.1 Å². The molecule has 8 heteroatoms. The lowest BCUT2D eigenvalue weighted by molar-refractivity contribution is -0.141. The molecule has 1 N–H and O–H groups in total. The molecule has 2 aromatic carbocycles. The molecular weight excluding hydrogens is 449 g/mol. The van der Waals surface area contributed by atoms with Gasteiger partial charge in [0, 0.05) is 31.1 Å². The Bertz CT molecular complexity index is 1090. The van der Waals surface area contributed by atoms with Crippen molar-refractivity contribution in [1.82, 2.24) is 15.1 Å². The summed E-state index contributed by atoms with van der Waals surface area (Å²) in [5.41, 5.74) is 1.05. The van der Waals surface area contributed by atoms with Gasteiger partial charge in [0.15, 0.2) is 0 Å². The third-order valence-electron chi connectivity index (χ3n) is 6.82. The number of nitrogens with zero attached hydrogens (tertiary/aromatic N) is 2. The molecule has 0 unspecified atom stereocenters. The van der Waals surface area contributed by atoms with Gasteiger partial charge in [-0.2, -0.15) is 0 Å². The van der Waals surface area contributed by atoms with Crippen LogP contribution in [0.15, 0.2) is 48.5 Å². The largest absolute Gasteiger partial charge is 0.352 e. The summed E-state index contributed by atoms with van der Waals surface area (Å²) in [7, 11) is 0. The van der Waals surface area contributed by atoms with Crippen LogP contribution in [0.1, 0.15) is 71.7 Å². The average Bonchev–Trinajstić information content (AvgIpc) is 3.45. The summed E-state index contributed by atoms with van der Waals surface area (Å²) in [4.78, 5) is 53.8. The molecule has 2 aliphatic rings. The monoisotopic (exact) mass is 479 g/mol. The topological polar surface area (TPSA) is 86.8 Å². The van der Waals surface area contributed by atoms with Gasteiger partial charge in [-0.15, -0.1) is 0 Å². The summed E-state index contributed by atoms with van der Waals surface area (Å²) >= 11 is 0. The Hall–Kier alpha value is -3.55. The Balaban J connectivity index is 1.42. The normalized spacial score (nSPS) is 16.3. The Morgan fingerprint density at radius 1 is 1.03 bits per heavy atom. The Kier molecular flexibility index (Phi) is 7.58. The van der Waals surface area contributed by atoms with Crippen LogP contribution in [0.5, 0.6) is 0 Å². The van der Waals surface area contributed by atoms with E-state index in [1.165, 1.54) is 11.0 Å². The van der Waals surface area contributed by atoms with Crippen LogP contribution in [-0.2, 0) is 16.1 Å². The van der Waals surface area contributed by atoms with E-state index in [1.807, 2.05) is 0 Å². The van der Waals surface area contributed by atoms with E-state index in [1.54, 1.807) is 49.4 Å². The van der Waals surface area contributed by atoms with Crippen LogP contribution in [0.3, 0.4) is 0 Å². The van der Waals surface area contributed by atoms with Crippen molar-refractivity contribution in [3.05, 3.63) is 71.0 Å². The molecule has 2 aromatic rings. The molecule has 4 amide bonds. The molecule has 1 heterocycles. The number of rotatable bonds is 9. The van der Waals surface area contributed by atoms with E-state index >= 15 is 0 Å². The molecule has 1 aliphatic carbocycles. The number of amides is 4. The zero-order chi connectivity index (χ0) is 24.9. The SMILES string of the molecule is C[C@@H](C(=O)NC1CCCC1)N(Cc1ccccc1F)C(=O)CCCN1C(=O)c2ccccc2C1=O. The Labute approximate surface area is 204 Å². The number of nitrogens with one attached hydrogen (secondary N) is 1. The minimum atomic E-state index is -0.790. The Morgan fingerprint density at radius 2 is 1.63 bits per heavy atom. The maximum absolute atomic E-state index is 14.4. The zero-order valence-corrected chi connectivity index (χ0v) is 19.8. The summed E-state index contributed by atoms with van der Waals surface area (Å²) in [6, 6.07) is 12.1. The average molecular weight is 480 g/mol. The molecule has 1 atom stereocenters. The third-order valence-corrected chi connectivity index (χ3v) is 6.82. The molecule has 0 radical (unpaired) electrons. The highest BCUT2D eigenvalue weighted by Gasteiger charge is 2.35. The van der Waals surface area contributed by atoms with Gasteiger partial charge in [0.25, 0.3) is 11.8 Å². The van der Waals surface area contributed by atoms with Gasteiger partial charge in [0.05, 0.1) is 11.1 Å². The third kappa shape index (κ3) is 5.42. The fraction of sp³-hybridized carbons (Fsp3) is 0.407. The van der Waals surface area contributed by atoms with Crippen LogP contribution in [0.4, 0.5) is 4.39 Å². The minimum absolute atomic E-state index is 0.0168. The molecule has 0 aromatic heterocycles. The first kappa shape index (κ1) is 24.6. The van der Waals surface area contributed by atoms with Crippen molar-refractivity contribution < 1.29 is 23.6 Å². The summed E-state index contributed by atoms with van der Waals surface area (Å²) in [6.45, 7) is 1.69. The number of carbonyl (C=O) groups is 4. The predicted octanol–water partition coefficient (Wildman–Crippen LogP) is 3.68. The van der Waals surface area contributed by atoms with E-state index in [-0.39, 0.29) is 55.6 Å². The number of halogens is 1. The first-order chi connectivity index (χ1) is 16.9. The molecule has 0 spiro atoms. The molecule has 1 aliphatic heterocycles. The van der Waals surface area contributed by atoms with Gasteiger partial charge in [0.1, 0.15) is 11.9 Å². The van der Waals surface area contributed by atoms with Gasteiger partial charge >= 0.3 is 0 Å². The number of hydrogen-bond donors (Lipinski definition) is 1. The maximum Gasteiger partial charge on any atom is 0.261 e. The number of imide groups is 1. The van der Waals surface area contributed by atoms with E-state index in [0.717, 1.165) is 30.6 Å². The smallest absolute Gasteiger partial charge is 0.261 e. The summed E-state index contributed by atoms with van der Waals surface area (Å²) in [5, 5.41) is 3.01. The molecule has 184 valence electrons. The standard InChI is InChI=1S/C27H30FN3O4/c1-18(25(33)29-20-10-3-4-11-20)31(17-19-9-2-7-14-23(19)28)24(32)15-8-16-30-26(34)21-12-5-6-13-22(21)27(30)35/h2,5-7,9,12-14,18,20H,3-4,8,10-11,15-17H2,1H3,(H,29,33)/t18-/m0/s1. The second kappa shape index (κ2) is 10.8. The highest BCUT2D eigenvalue weighted by atomic mass is 19.1. The Morgan fingerprint density at radius 3 is 2.26 bits per heavy atom. The van der Waals surface area contributed by atoms with Gasteiger partial charge in [0.2, 0.25) is 11.8 Å². The number of hydrogen-bond acceptors (Lipinski definition) is 4. The number of benzene rings is 2. The number of carbonyl (C=O) groups excluding carboxylic acids is 4. The first-order valence-corrected chi connectivity index (χ1v) is 12.1. The van der Waals surface area contributed by atoms with Gasteiger partial charge in [-0.05, 0) is 44.4 Å². The minimum Gasteiger partial charge on any atom is -0.352 e. The van der Waals surface area contributed by atoms with Crippen molar-refractivity contribution in [2.45, 2.75) is 64.1 Å². The van der Waals surface area contributed by atoms with Crippen LogP contribution in [-0.4, -0.2) is 52.1 Å². The molecule has 1 saturated carbocycles. The van der Waals surface area contributed by atoms with E-state index in [9.17, 15) is 23.6 Å². The van der Waals surface area contributed by atoms with Gasteiger partial charge in [-0.1, -0.05) is 43.2 Å². The molecule has 1 fully saturated rings. The second-order valence-corrected chi connectivity index (χ2v) is 9.19. The maximum atomic E-state index is 14.4. The van der Waals surface area contributed by atoms with Gasteiger partial charge < -0.3 is 10.2 Å². The van der Waals surface area contributed by atoms with Crippen molar-refractivity contribution in [1.29, 1.82) is 0 Å². The quantitative estimate of drug-likeness (QED) is 0.556. The fourth-order valence-electron chi connectivity index (χ4n) is 4.76. The first-order valence-electron chi connectivity index (χ1n) is 12.1.